The Morgan fingerprint density at radius 3 is 2.46 bits per heavy atom. The number of amides is 1. The van der Waals surface area contributed by atoms with Crippen LogP contribution in [0.1, 0.15) is 24.0 Å². The maximum atomic E-state index is 12.9. The molecular weight excluding hydrogens is 305 g/mol. The molecule has 1 heterocycles. The van der Waals surface area contributed by atoms with E-state index in [-0.39, 0.29) is 17.5 Å². The van der Waals surface area contributed by atoms with Gasteiger partial charge in [-0.2, -0.15) is 0 Å². The number of hydrogen-bond donors (Lipinski definition) is 1. The minimum absolute atomic E-state index is 0.185. The van der Waals surface area contributed by atoms with Crippen LogP contribution in [0.2, 0.25) is 0 Å². The third-order valence-electron chi connectivity index (χ3n) is 4.64. The average molecular weight is 327 g/mol. The zero-order chi connectivity index (χ0) is 16.9. The van der Waals surface area contributed by atoms with E-state index in [2.05, 4.69) is 0 Å². The summed E-state index contributed by atoms with van der Waals surface area (Å²) in [6.07, 6.45) is 3.08. The SMILES string of the molecule is O=C(CCc1ccc(O)cc1)N1CC[C@H](Cc2ccc(F)cc2)C1. The number of carbonyl (C=O) groups is 1. The van der Waals surface area contributed by atoms with Gasteiger partial charge in [0.1, 0.15) is 11.6 Å². The first-order valence-electron chi connectivity index (χ1n) is 8.40. The van der Waals surface area contributed by atoms with Crippen LogP contribution in [0.25, 0.3) is 0 Å². The van der Waals surface area contributed by atoms with Crippen LogP contribution in [-0.4, -0.2) is 29.0 Å². The van der Waals surface area contributed by atoms with Crippen molar-refractivity contribution in [1.29, 1.82) is 0 Å². The number of benzene rings is 2. The van der Waals surface area contributed by atoms with Crippen LogP contribution in [0.5, 0.6) is 5.75 Å². The molecule has 126 valence electrons. The van der Waals surface area contributed by atoms with Gasteiger partial charge in [0.25, 0.3) is 0 Å². The molecule has 2 aromatic carbocycles. The van der Waals surface area contributed by atoms with E-state index in [0.717, 1.165) is 37.1 Å². The van der Waals surface area contributed by atoms with Crippen molar-refractivity contribution in [3.8, 4) is 5.75 Å². The first-order chi connectivity index (χ1) is 11.6. The lowest BCUT2D eigenvalue weighted by molar-refractivity contribution is -0.130. The second-order valence-electron chi connectivity index (χ2n) is 6.49. The average Bonchev–Trinajstić information content (AvgIpc) is 3.05. The van der Waals surface area contributed by atoms with E-state index in [1.54, 1.807) is 12.1 Å². The lowest BCUT2D eigenvalue weighted by Crippen LogP contribution is -2.29. The second-order valence-corrected chi connectivity index (χ2v) is 6.49. The molecule has 1 fully saturated rings. The van der Waals surface area contributed by atoms with Crippen molar-refractivity contribution in [3.05, 3.63) is 65.5 Å². The molecule has 1 aliphatic rings. The summed E-state index contributed by atoms with van der Waals surface area (Å²) >= 11 is 0. The highest BCUT2D eigenvalue weighted by molar-refractivity contribution is 5.76. The van der Waals surface area contributed by atoms with Gasteiger partial charge in [-0.3, -0.25) is 4.79 Å². The predicted octanol–water partition coefficient (Wildman–Crippen LogP) is 3.56. The Morgan fingerprint density at radius 1 is 1.08 bits per heavy atom. The number of phenolic OH excluding ortho intramolecular Hbond substituents is 1. The standard InChI is InChI=1S/C20H22FNO2/c21-18-6-1-16(2-7-18)13-17-11-12-22(14-17)20(24)10-5-15-3-8-19(23)9-4-15/h1-4,6-9,17,23H,5,10-14H2/t17-/m1/s1. The summed E-state index contributed by atoms with van der Waals surface area (Å²) in [7, 11) is 0. The van der Waals surface area contributed by atoms with Crippen molar-refractivity contribution in [2.24, 2.45) is 5.92 Å². The van der Waals surface area contributed by atoms with Crippen molar-refractivity contribution < 1.29 is 14.3 Å². The molecule has 1 atom stereocenters. The molecule has 4 heteroatoms. The van der Waals surface area contributed by atoms with Gasteiger partial charge in [-0.05, 0) is 60.6 Å². The van der Waals surface area contributed by atoms with E-state index in [0.29, 0.717) is 18.8 Å². The van der Waals surface area contributed by atoms with Crippen LogP contribution in [0.15, 0.2) is 48.5 Å². The molecule has 2 aromatic rings. The van der Waals surface area contributed by atoms with Gasteiger partial charge in [-0.25, -0.2) is 4.39 Å². The van der Waals surface area contributed by atoms with Crippen LogP contribution in [0.4, 0.5) is 4.39 Å². The third-order valence-corrected chi connectivity index (χ3v) is 4.64. The first-order valence-corrected chi connectivity index (χ1v) is 8.40. The number of aromatic hydroxyl groups is 1. The number of halogens is 1. The number of likely N-dealkylation sites (tertiary alicyclic amines) is 1. The van der Waals surface area contributed by atoms with Gasteiger partial charge in [0.15, 0.2) is 0 Å². The lowest BCUT2D eigenvalue weighted by Gasteiger charge is -2.16. The normalized spacial score (nSPS) is 17.2. The lowest BCUT2D eigenvalue weighted by atomic mass is 9.99. The molecule has 0 spiro atoms. The summed E-state index contributed by atoms with van der Waals surface area (Å²) in [6.45, 7) is 1.59. The molecule has 0 saturated carbocycles. The smallest absolute Gasteiger partial charge is 0.222 e. The molecule has 1 amide bonds. The Balaban J connectivity index is 1.46. The molecular formula is C20H22FNO2. The maximum Gasteiger partial charge on any atom is 0.222 e. The largest absolute Gasteiger partial charge is 0.508 e. The van der Waals surface area contributed by atoms with Crippen LogP contribution in [-0.2, 0) is 17.6 Å². The van der Waals surface area contributed by atoms with Gasteiger partial charge < -0.3 is 10.0 Å². The molecule has 0 aliphatic carbocycles. The number of phenols is 1. The van der Waals surface area contributed by atoms with E-state index in [1.165, 1.54) is 12.1 Å². The number of nitrogens with zero attached hydrogens (tertiary/aromatic N) is 1. The molecule has 1 aliphatic heterocycles. The summed E-state index contributed by atoms with van der Waals surface area (Å²) in [4.78, 5) is 14.3. The summed E-state index contributed by atoms with van der Waals surface area (Å²) in [5, 5.41) is 9.28. The number of hydrogen-bond acceptors (Lipinski definition) is 2. The van der Waals surface area contributed by atoms with E-state index in [4.69, 9.17) is 0 Å². The fourth-order valence-electron chi connectivity index (χ4n) is 3.25. The highest BCUT2D eigenvalue weighted by Gasteiger charge is 2.25. The molecule has 0 aromatic heterocycles. The van der Waals surface area contributed by atoms with E-state index in [1.807, 2.05) is 29.2 Å². The Bertz CT molecular complexity index is 682. The third kappa shape index (κ3) is 4.34. The number of rotatable bonds is 5. The Morgan fingerprint density at radius 2 is 1.75 bits per heavy atom. The van der Waals surface area contributed by atoms with Crippen LogP contribution in [0.3, 0.4) is 0 Å². The molecule has 3 rings (SSSR count). The van der Waals surface area contributed by atoms with E-state index in [9.17, 15) is 14.3 Å². The van der Waals surface area contributed by atoms with Gasteiger partial charge in [0.2, 0.25) is 5.91 Å². The minimum atomic E-state index is -0.212. The fourth-order valence-corrected chi connectivity index (χ4v) is 3.25. The summed E-state index contributed by atoms with van der Waals surface area (Å²) in [6, 6.07) is 13.6. The number of carbonyl (C=O) groups excluding carboxylic acids is 1. The predicted molar refractivity (Wildman–Crippen MR) is 91.2 cm³/mol. The zero-order valence-corrected chi connectivity index (χ0v) is 13.6. The molecule has 0 unspecified atom stereocenters. The molecule has 3 nitrogen and oxygen atoms in total. The zero-order valence-electron chi connectivity index (χ0n) is 13.6. The van der Waals surface area contributed by atoms with Crippen LogP contribution in [0, 0.1) is 11.7 Å². The minimum Gasteiger partial charge on any atom is -0.508 e. The van der Waals surface area contributed by atoms with Crippen LogP contribution < -0.4 is 0 Å². The van der Waals surface area contributed by atoms with E-state index < -0.39 is 0 Å². The van der Waals surface area contributed by atoms with Crippen molar-refractivity contribution in [2.45, 2.75) is 25.7 Å². The van der Waals surface area contributed by atoms with Crippen LogP contribution >= 0.6 is 0 Å². The van der Waals surface area contributed by atoms with Crippen molar-refractivity contribution in [1.82, 2.24) is 4.90 Å². The molecule has 0 radical (unpaired) electrons. The maximum absolute atomic E-state index is 12.9. The molecule has 24 heavy (non-hydrogen) atoms. The van der Waals surface area contributed by atoms with Crippen molar-refractivity contribution in [2.75, 3.05) is 13.1 Å². The summed E-state index contributed by atoms with van der Waals surface area (Å²) < 4.78 is 12.9. The van der Waals surface area contributed by atoms with Gasteiger partial charge >= 0.3 is 0 Å². The molecule has 0 bridgehead atoms. The Hall–Kier alpha value is -2.36. The highest BCUT2D eigenvalue weighted by atomic mass is 19.1. The monoisotopic (exact) mass is 327 g/mol. The van der Waals surface area contributed by atoms with Gasteiger partial charge in [-0.1, -0.05) is 24.3 Å². The Labute approximate surface area is 141 Å². The topological polar surface area (TPSA) is 40.5 Å². The fraction of sp³-hybridized carbons (Fsp3) is 0.350. The van der Waals surface area contributed by atoms with Gasteiger partial charge in [0, 0.05) is 19.5 Å². The summed E-state index contributed by atoms with van der Waals surface area (Å²) in [5.74, 6) is 0.669. The van der Waals surface area contributed by atoms with Gasteiger partial charge in [-0.15, -0.1) is 0 Å². The quantitative estimate of drug-likeness (QED) is 0.912. The first kappa shape index (κ1) is 16.5. The number of aryl methyl sites for hydroxylation is 1. The second kappa shape index (κ2) is 7.47. The van der Waals surface area contributed by atoms with Gasteiger partial charge in [0.05, 0.1) is 0 Å². The molecule has 1 N–H and O–H groups in total. The highest BCUT2D eigenvalue weighted by Crippen LogP contribution is 2.22. The Kier molecular flexibility index (Phi) is 5.14. The van der Waals surface area contributed by atoms with Crippen molar-refractivity contribution >= 4 is 5.91 Å². The van der Waals surface area contributed by atoms with E-state index >= 15 is 0 Å². The summed E-state index contributed by atoms with van der Waals surface area (Å²) in [5.41, 5.74) is 2.18. The van der Waals surface area contributed by atoms with Crippen molar-refractivity contribution in [3.63, 3.8) is 0 Å². The molecule has 1 saturated heterocycles.